The topological polar surface area (TPSA) is 78.9 Å². The predicted octanol–water partition coefficient (Wildman–Crippen LogP) is 2.58. The third-order valence-corrected chi connectivity index (χ3v) is 6.88. The maximum absolute atomic E-state index is 13.0. The molecule has 2 aromatic carbocycles. The van der Waals surface area contributed by atoms with E-state index in [1.807, 2.05) is 20.0 Å². The highest BCUT2D eigenvalue weighted by molar-refractivity contribution is 7.89. The fraction of sp³-hybridized carbons (Fsp3) is 0.381. The standard InChI is InChI=1S/C21H27N3O4S/c1-4-28-20-8-6-5-7-19(20)22-21(25)18-15-17(10-9-16(18)2)29(26,27)24-13-11-23(3)12-14-24/h5-10,15H,4,11-14H2,1-3H3,(H,22,25). The first kappa shape index (κ1) is 21.3. The second-order valence-corrected chi connectivity index (χ2v) is 9.01. The number of amides is 1. The molecule has 0 spiro atoms. The zero-order valence-corrected chi connectivity index (χ0v) is 17.8. The van der Waals surface area contributed by atoms with Gasteiger partial charge in [0.1, 0.15) is 5.75 Å². The summed E-state index contributed by atoms with van der Waals surface area (Å²) in [5.74, 6) is 0.201. The molecule has 0 atom stereocenters. The molecule has 0 unspecified atom stereocenters. The Morgan fingerprint density at radius 3 is 2.48 bits per heavy atom. The van der Waals surface area contributed by atoms with Gasteiger partial charge in [0, 0.05) is 31.7 Å². The summed E-state index contributed by atoms with van der Waals surface area (Å²) in [6, 6.07) is 11.9. The van der Waals surface area contributed by atoms with Gasteiger partial charge < -0.3 is 15.0 Å². The summed E-state index contributed by atoms with van der Waals surface area (Å²) in [6.45, 7) is 6.39. The normalized spacial score (nSPS) is 15.8. The largest absolute Gasteiger partial charge is 0.492 e. The Labute approximate surface area is 172 Å². The van der Waals surface area contributed by atoms with Crippen LogP contribution in [0.4, 0.5) is 5.69 Å². The summed E-state index contributed by atoms with van der Waals surface area (Å²) in [5, 5.41) is 2.84. The molecule has 0 aromatic heterocycles. The number of benzene rings is 2. The van der Waals surface area contributed by atoms with Crippen molar-refractivity contribution >= 4 is 21.6 Å². The lowest BCUT2D eigenvalue weighted by Gasteiger charge is -2.31. The van der Waals surface area contributed by atoms with E-state index in [0.29, 0.717) is 55.3 Å². The molecule has 156 valence electrons. The van der Waals surface area contributed by atoms with Gasteiger partial charge in [0.05, 0.1) is 17.2 Å². The lowest BCUT2D eigenvalue weighted by atomic mass is 10.1. The van der Waals surface area contributed by atoms with E-state index in [1.54, 1.807) is 37.3 Å². The van der Waals surface area contributed by atoms with Gasteiger partial charge in [0.2, 0.25) is 10.0 Å². The summed E-state index contributed by atoms with van der Waals surface area (Å²) in [6.07, 6.45) is 0. The Hall–Kier alpha value is -2.42. The molecular formula is C21H27N3O4S. The van der Waals surface area contributed by atoms with Crippen LogP contribution in [0.25, 0.3) is 0 Å². The molecule has 1 aliphatic rings. The summed E-state index contributed by atoms with van der Waals surface area (Å²) < 4.78 is 33.1. The van der Waals surface area contributed by atoms with Gasteiger partial charge in [-0.25, -0.2) is 8.42 Å². The van der Waals surface area contributed by atoms with Crippen LogP contribution in [0.2, 0.25) is 0 Å². The van der Waals surface area contributed by atoms with Gasteiger partial charge in [-0.15, -0.1) is 0 Å². The number of carbonyl (C=O) groups excluding carboxylic acids is 1. The molecule has 2 aromatic rings. The van der Waals surface area contributed by atoms with E-state index in [9.17, 15) is 13.2 Å². The monoisotopic (exact) mass is 417 g/mol. The molecule has 0 aliphatic carbocycles. The highest BCUT2D eigenvalue weighted by Crippen LogP contribution is 2.26. The lowest BCUT2D eigenvalue weighted by Crippen LogP contribution is -2.47. The highest BCUT2D eigenvalue weighted by Gasteiger charge is 2.28. The SMILES string of the molecule is CCOc1ccccc1NC(=O)c1cc(S(=O)(=O)N2CCN(C)CC2)ccc1C. The maximum Gasteiger partial charge on any atom is 0.256 e. The highest BCUT2D eigenvalue weighted by atomic mass is 32.2. The molecule has 1 saturated heterocycles. The first-order valence-electron chi connectivity index (χ1n) is 9.65. The van der Waals surface area contributed by atoms with Gasteiger partial charge in [-0.3, -0.25) is 4.79 Å². The van der Waals surface area contributed by atoms with E-state index >= 15 is 0 Å². The summed E-state index contributed by atoms with van der Waals surface area (Å²) in [7, 11) is -1.68. The van der Waals surface area contributed by atoms with Crippen LogP contribution in [0.15, 0.2) is 47.4 Å². The number of anilines is 1. The second kappa shape index (κ2) is 8.94. The van der Waals surface area contributed by atoms with Crippen LogP contribution in [-0.2, 0) is 10.0 Å². The second-order valence-electron chi connectivity index (χ2n) is 7.07. The number of aryl methyl sites for hydroxylation is 1. The number of piperazine rings is 1. The number of nitrogens with one attached hydrogen (secondary N) is 1. The number of ether oxygens (including phenoxy) is 1. The van der Waals surface area contributed by atoms with Crippen LogP contribution in [-0.4, -0.2) is 63.4 Å². The Bertz CT molecular complexity index is 983. The van der Waals surface area contributed by atoms with Crippen LogP contribution < -0.4 is 10.1 Å². The third kappa shape index (κ3) is 4.77. The zero-order chi connectivity index (χ0) is 21.0. The van der Waals surface area contributed by atoms with Crippen molar-refractivity contribution < 1.29 is 17.9 Å². The Morgan fingerprint density at radius 2 is 1.79 bits per heavy atom. The minimum Gasteiger partial charge on any atom is -0.492 e. The Morgan fingerprint density at radius 1 is 1.10 bits per heavy atom. The average molecular weight is 418 g/mol. The molecule has 1 N–H and O–H groups in total. The molecule has 1 aliphatic heterocycles. The molecule has 1 fully saturated rings. The zero-order valence-electron chi connectivity index (χ0n) is 17.0. The van der Waals surface area contributed by atoms with Gasteiger partial charge in [-0.1, -0.05) is 18.2 Å². The first-order valence-corrected chi connectivity index (χ1v) is 11.1. The average Bonchev–Trinajstić information content (AvgIpc) is 2.70. The molecule has 0 bridgehead atoms. The number of rotatable bonds is 6. The number of para-hydroxylation sites is 2. The molecule has 8 heteroatoms. The minimum atomic E-state index is -3.65. The van der Waals surface area contributed by atoms with Crippen LogP contribution >= 0.6 is 0 Å². The van der Waals surface area contributed by atoms with Gasteiger partial charge in [0.15, 0.2) is 0 Å². The molecule has 29 heavy (non-hydrogen) atoms. The molecule has 0 saturated carbocycles. The summed E-state index contributed by atoms with van der Waals surface area (Å²) in [4.78, 5) is 15.1. The fourth-order valence-electron chi connectivity index (χ4n) is 3.22. The van der Waals surface area contributed by atoms with E-state index in [2.05, 4.69) is 10.2 Å². The van der Waals surface area contributed by atoms with Gasteiger partial charge >= 0.3 is 0 Å². The van der Waals surface area contributed by atoms with Crippen LogP contribution in [0.3, 0.4) is 0 Å². The number of likely N-dealkylation sites (N-methyl/N-ethyl adjacent to an activating group) is 1. The number of hydrogen-bond acceptors (Lipinski definition) is 5. The molecular weight excluding hydrogens is 390 g/mol. The van der Waals surface area contributed by atoms with Gasteiger partial charge in [-0.05, 0) is 50.7 Å². The Balaban J connectivity index is 1.86. The minimum absolute atomic E-state index is 0.135. The quantitative estimate of drug-likeness (QED) is 0.782. The van der Waals surface area contributed by atoms with Crippen molar-refractivity contribution in [1.29, 1.82) is 0 Å². The maximum atomic E-state index is 13.0. The van der Waals surface area contributed by atoms with Gasteiger partial charge in [-0.2, -0.15) is 4.31 Å². The number of hydrogen-bond donors (Lipinski definition) is 1. The molecule has 1 heterocycles. The summed E-state index contributed by atoms with van der Waals surface area (Å²) >= 11 is 0. The van der Waals surface area contributed by atoms with Crippen molar-refractivity contribution in [2.24, 2.45) is 0 Å². The van der Waals surface area contributed by atoms with Crippen LogP contribution in [0, 0.1) is 6.92 Å². The van der Waals surface area contributed by atoms with E-state index in [0.717, 1.165) is 0 Å². The van der Waals surface area contributed by atoms with E-state index in [4.69, 9.17) is 4.74 Å². The number of carbonyl (C=O) groups is 1. The van der Waals surface area contributed by atoms with Crippen LogP contribution in [0.1, 0.15) is 22.8 Å². The smallest absolute Gasteiger partial charge is 0.256 e. The fourth-order valence-corrected chi connectivity index (χ4v) is 4.67. The van der Waals surface area contributed by atoms with Gasteiger partial charge in [0.25, 0.3) is 5.91 Å². The number of nitrogens with zero attached hydrogens (tertiary/aromatic N) is 2. The van der Waals surface area contributed by atoms with Crippen molar-refractivity contribution in [3.05, 3.63) is 53.6 Å². The van der Waals surface area contributed by atoms with Crippen molar-refractivity contribution in [3.8, 4) is 5.75 Å². The van der Waals surface area contributed by atoms with E-state index in [1.165, 1.54) is 10.4 Å². The lowest BCUT2D eigenvalue weighted by molar-refractivity contribution is 0.102. The first-order chi connectivity index (χ1) is 13.8. The third-order valence-electron chi connectivity index (χ3n) is 4.99. The summed E-state index contributed by atoms with van der Waals surface area (Å²) in [5.41, 5.74) is 1.58. The van der Waals surface area contributed by atoms with E-state index in [-0.39, 0.29) is 10.8 Å². The van der Waals surface area contributed by atoms with Crippen molar-refractivity contribution in [3.63, 3.8) is 0 Å². The molecule has 7 nitrogen and oxygen atoms in total. The molecule has 3 rings (SSSR count). The van der Waals surface area contributed by atoms with Crippen molar-refractivity contribution in [2.45, 2.75) is 18.7 Å². The van der Waals surface area contributed by atoms with Crippen LogP contribution in [0.5, 0.6) is 5.75 Å². The molecule has 0 radical (unpaired) electrons. The van der Waals surface area contributed by atoms with Crippen molar-refractivity contribution in [2.75, 3.05) is 45.2 Å². The molecule has 1 amide bonds. The van der Waals surface area contributed by atoms with Crippen molar-refractivity contribution in [1.82, 2.24) is 9.21 Å². The van der Waals surface area contributed by atoms with E-state index < -0.39 is 10.0 Å². The Kier molecular flexibility index (Phi) is 6.56. The number of sulfonamides is 1. The predicted molar refractivity (Wildman–Crippen MR) is 113 cm³/mol.